The molecule has 4 nitrogen and oxygen atoms in total. The summed E-state index contributed by atoms with van der Waals surface area (Å²) in [4.78, 5) is 27.8. The molecule has 1 aliphatic heterocycles. The Morgan fingerprint density at radius 2 is 1.73 bits per heavy atom. The van der Waals surface area contributed by atoms with E-state index in [1.165, 1.54) is 12.8 Å². The zero-order chi connectivity index (χ0) is 17.3. The molecule has 5 heteroatoms. The molecule has 0 aromatic rings. The third-order valence-corrected chi connectivity index (χ3v) is 12.2. The number of alkyl halides is 1. The third kappa shape index (κ3) is 0.931. The molecule has 1 heterocycles. The smallest absolute Gasteiger partial charge is 0.314 e. The summed E-state index contributed by atoms with van der Waals surface area (Å²) >= 11 is 3.97. The molecule has 0 aromatic heterocycles. The molecule has 8 bridgehead atoms. The molecule has 0 aromatic carbocycles. The van der Waals surface area contributed by atoms with E-state index in [4.69, 9.17) is 9.47 Å². The first kappa shape index (κ1) is 14.4. The summed E-state index contributed by atoms with van der Waals surface area (Å²) in [5, 5.41) is 0. The van der Waals surface area contributed by atoms with Crippen LogP contribution in [0.1, 0.15) is 25.7 Å². The maximum atomic E-state index is 13.7. The molecule has 9 rings (SSSR count). The number of hydrogen-bond donors (Lipinski definition) is 0. The van der Waals surface area contributed by atoms with E-state index < -0.39 is 10.8 Å². The summed E-state index contributed by atoms with van der Waals surface area (Å²) in [6.07, 6.45) is 4.71. The Morgan fingerprint density at radius 1 is 1.00 bits per heavy atom. The minimum atomic E-state index is -0.558. The largest absolute Gasteiger partial charge is 0.469 e. The van der Waals surface area contributed by atoms with Crippen LogP contribution in [0, 0.1) is 70.0 Å². The van der Waals surface area contributed by atoms with E-state index in [0.29, 0.717) is 64.0 Å². The molecule has 9 fully saturated rings. The SMILES string of the molecule is COC(=O)[C@@]12[C@@H]3[C@H]4[C@H]5[C@H]6[C@@H]7[C@@H](CC[C@H]7OC(=O)[C@@]61[C@H]4[C@H]1CC[C@H](Br)[C@@H]13)[C@H]52. The molecule has 1 spiro atoms. The van der Waals surface area contributed by atoms with Gasteiger partial charge in [0.2, 0.25) is 0 Å². The summed E-state index contributed by atoms with van der Waals surface area (Å²) in [6, 6.07) is 0. The van der Waals surface area contributed by atoms with Crippen LogP contribution in [0.25, 0.3) is 0 Å². The lowest BCUT2D eigenvalue weighted by molar-refractivity contribution is -0.232. The molecular weight excluding hydrogens is 396 g/mol. The number of fused-ring (bicyclic) bond motifs is 1. The fourth-order valence-electron chi connectivity index (χ4n) is 11.8. The zero-order valence-electron chi connectivity index (χ0n) is 14.8. The highest BCUT2D eigenvalue weighted by Crippen LogP contribution is 2.98. The van der Waals surface area contributed by atoms with Gasteiger partial charge in [0.05, 0.1) is 17.9 Å². The lowest BCUT2D eigenvalue weighted by Gasteiger charge is -2.60. The second kappa shape index (κ2) is 3.79. The number of rotatable bonds is 1. The quantitative estimate of drug-likeness (QED) is 0.485. The predicted octanol–water partition coefficient (Wildman–Crippen LogP) is 2.64. The third-order valence-electron chi connectivity index (χ3n) is 11.2. The summed E-state index contributed by atoms with van der Waals surface area (Å²) in [5.41, 5.74) is -1.08. The Kier molecular flexibility index (Phi) is 2.10. The van der Waals surface area contributed by atoms with Crippen LogP contribution in [-0.2, 0) is 19.1 Å². The van der Waals surface area contributed by atoms with Crippen LogP contribution in [-0.4, -0.2) is 30.0 Å². The van der Waals surface area contributed by atoms with Crippen LogP contribution in [0.15, 0.2) is 0 Å². The van der Waals surface area contributed by atoms with Gasteiger partial charge in [0.1, 0.15) is 6.10 Å². The number of carbonyl (C=O) groups excluding carboxylic acids is 2. The molecule has 0 radical (unpaired) electrons. The number of carbonyl (C=O) groups is 2. The first-order valence-corrected chi connectivity index (χ1v) is 11.5. The molecule has 1 saturated heterocycles. The number of ether oxygens (including phenoxy) is 2. The Bertz CT molecular complexity index is 812. The minimum Gasteiger partial charge on any atom is -0.469 e. The molecule has 0 unspecified atom stereocenters. The number of hydrogen-bond acceptors (Lipinski definition) is 4. The van der Waals surface area contributed by atoms with Gasteiger partial charge in [0, 0.05) is 10.7 Å². The van der Waals surface area contributed by atoms with Gasteiger partial charge < -0.3 is 9.47 Å². The van der Waals surface area contributed by atoms with Crippen LogP contribution in [0.2, 0.25) is 0 Å². The van der Waals surface area contributed by atoms with Crippen molar-refractivity contribution < 1.29 is 19.1 Å². The number of halogens is 1. The molecule has 9 aliphatic rings. The lowest BCUT2D eigenvalue weighted by Crippen LogP contribution is -2.68. The average molecular weight is 419 g/mol. The van der Waals surface area contributed by atoms with E-state index in [0.717, 1.165) is 12.8 Å². The first-order chi connectivity index (χ1) is 12.6. The van der Waals surface area contributed by atoms with Crippen LogP contribution >= 0.6 is 15.9 Å². The van der Waals surface area contributed by atoms with Crippen molar-refractivity contribution in [3.8, 4) is 0 Å². The van der Waals surface area contributed by atoms with Crippen molar-refractivity contribution in [2.45, 2.75) is 36.6 Å². The van der Waals surface area contributed by atoms with Crippen LogP contribution in [0.4, 0.5) is 0 Å². The van der Waals surface area contributed by atoms with Crippen molar-refractivity contribution in [2.75, 3.05) is 7.11 Å². The lowest BCUT2D eigenvalue weighted by atomic mass is 9.43. The minimum absolute atomic E-state index is 0.00784. The Balaban J connectivity index is 1.47. The highest BCUT2D eigenvalue weighted by molar-refractivity contribution is 9.09. The van der Waals surface area contributed by atoms with Gasteiger partial charge in [-0.25, -0.2) is 0 Å². The van der Waals surface area contributed by atoms with Crippen molar-refractivity contribution in [3.05, 3.63) is 0 Å². The van der Waals surface area contributed by atoms with Crippen molar-refractivity contribution in [3.63, 3.8) is 0 Å². The molecule has 0 amide bonds. The van der Waals surface area contributed by atoms with E-state index in [9.17, 15) is 9.59 Å². The number of methoxy groups -OCH3 is 1. The highest BCUT2D eigenvalue weighted by atomic mass is 79.9. The molecule has 8 aliphatic carbocycles. The van der Waals surface area contributed by atoms with Gasteiger partial charge in [0.25, 0.3) is 0 Å². The molecular formula is C21H23BrO4. The van der Waals surface area contributed by atoms with E-state index in [1.807, 2.05) is 0 Å². The van der Waals surface area contributed by atoms with E-state index in [-0.39, 0.29) is 18.0 Å². The average Bonchev–Trinajstić information content (AvgIpc) is 3.41. The molecule has 14 atom stereocenters. The molecule has 138 valence electrons. The fraction of sp³-hybridized carbons (Fsp3) is 0.905. The van der Waals surface area contributed by atoms with Gasteiger partial charge >= 0.3 is 11.9 Å². The standard InChI is InChI=1S/C21H23BrO4/c1-25-18(23)20-15-7-3-5-9-11(7)17-13(15)12-14(21(17,20)19(24)26-9)6-2-4-8(22)10(6)16(12)20/h6-17H,2-5H2,1H3/t6-,7+,8-,9+,10+,11+,12-,13+,14-,15+,16-,17+,20+,21+/m0/s1. The molecule has 0 N–H and O–H groups in total. The van der Waals surface area contributed by atoms with Gasteiger partial charge in [-0.3, -0.25) is 9.59 Å². The Morgan fingerprint density at radius 3 is 2.54 bits per heavy atom. The van der Waals surface area contributed by atoms with E-state index >= 15 is 0 Å². The zero-order valence-corrected chi connectivity index (χ0v) is 16.4. The number of esters is 2. The molecule has 26 heavy (non-hydrogen) atoms. The predicted molar refractivity (Wildman–Crippen MR) is 92.8 cm³/mol. The van der Waals surface area contributed by atoms with Crippen molar-refractivity contribution in [1.29, 1.82) is 0 Å². The normalized spacial score (nSPS) is 71.7. The van der Waals surface area contributed by atoms with Crippen molar-refractivity contribution in [2.24, 2.45) is 70.0 Å². The van der Waals surface area contributed by atoms with E-state index in [2.05, 4.69) is 15.9 Å². The second-order valence-electron chi connectivity index (χ2n) is 10.6. The van der Waals surface area contributed by atoms with E-state index in [1.54, 1.807) is 7.11 Å². The fourth-order valence-corrected chi connectivity index (χ4v) is 12.8. The van der Waals surface area contributed by atoms with Crippen LogP contribution in [0.5, 0.6) is 0 Å². The topological polar surface area (TPSA) is 52.6 Å². The summed E-state index contributed by atoms with van der Waals surface area (Å²) < 4.78 is 11.7. The molecule has 8 saturated carbocycles. The van der Waals surface area contributed by atoms with Gasteiger partial charge in [-0.15, -0.1) is 0 Å². The van der Waals surface area contributed by atoms with Crippen LogP contribution in [0.3, 0.4) is 0 Å². The van der Waals surface area contributed by atoms with Gasteiger partial charge in [-0.1, -0.05) is 15.9 Å². The first-order valence-electron chi connectivity index (χ1n) is 10.5. The van der Waals surface area contributed by atoms with Gasteiger partial charge in [-0.05, 0) is 78.9 Å². The maximum Gasteiger partial charge on any atom is 0.314 e. The van der Waals surface area contributed by atoms with Crippen LogP contribution < -0.4 is 0 Å². The highest BCUT2D eigenvalue weighted by Gasteiger charge is 3.02. The van der Waals surface area contributed by atoms with Crippen molar-refractivity contribution >= 4 is 27.9 Å². The summed E-state index contributed by atoms with van der Waals surface area (Å²) in [6.45, 7) is 0. The van der Waals surface area contributed by atoms with Crippen molar-refractivity contribution in [1.82, 2.24) is 0 Å². The Hall–Kier alpha value is -0.580. The van der Waals surface area contributed by atoms with Gasteiger partial charge in [-0.2, -0.15) is 0 Å². The van der Waals surface area contributed by atoms with Gasteiger partial charge in [0.15, 0.2) is 0 Å². The monoisotopic (exact) mass is 418 g/mol. The second-order valence-corrected chi connectivity index (χ2v) is 11.8. The summed E-state index contributed by atoms with van der Waals surface area (Å²) in [7, 11) is 1.54. The summed E-state index contributed by atoms with van der Waals surface area (Å²) in [5.74, 6) is 5.01. The Labute approximate surface area is 160 Å². The maximum absolute atomic E-state index is 13.7.